The van der Waals surface area contributed by atoms with E-state index < -0.39 is 17.5 Å². The molecule has 0 aliphatic carbocycles. The Kier molecular flexibility index (Phi) is 5.35. The van der Waals surface area contributed by atoms with Gasteiger partial charge in [0.05, 0.1) is 23.4 Å². The van der Waals surface area contributed by atoms with E-state index in [1.807, 2.05) is 0 Å². The number of hydrogen-bond acceptors (Lipinski definition) is 3. The first kappa shape index (κ1) is 17.7. The zero-order valence-electron chi connectivity index (χ0n) is 12.7. The van der Waals surface area contributed by atoms with Gasteiger partial charge in [-0.15, -0.1) is 0 Å². The van der Waals surface area contributed by atoms with Crippen molar-refractivity contribution < 1.29 is 23.1 Å². The lowest BCUT2D eigenvalue weighted by Crippen LogP contribution is -2.14. The van der Waals surface area contributed by atoms with Crippen LogP contribution < -0.4 is 15.4 Å². The first-order chi connectivity index (χ1) is 11.3. The van der Waals surface area contributed by atoms with E-state index in [0.29, 0.717) is 23.2 Å². The number of ether oxygens (including phenoxy) is 1. The van der Waals surface area contributed by atoms with Gasteiger partial charge in [0.1, 0.15) is 5.75 Å². The lowest BCUT2D eigenvalue weighted by Gasteiger charge is -2.12. The fourth-order valence-corrected chi connectivity index (χ4v) is 2.20. The predicted molar refractivity (Wildman–Crippen MR) is 86.6 cm³/mol. The van der Waals surface area contributed by atoms with Crippen molar-refractivity contribution in [3.05, 3.63) is 52.6 Å². The number of methoxy groups -OCH3 is 1. The SMILES string of the molecule is COc1ccc(NC(=O)c2cc(F)c(F)cc2Cl)cc1NC(C)=O. The van der Waals surface area contributed by atoms with E-state index in [1.165, 1.54) is 32.2 Å². The zero-order chi connectivity index (χ0) is 17.9. The van der Waals surface area contributed by atoms with Crippen LogP contribution in [0.2, 0.25) is 5.02 Å². The Bertz CT molecular complexity index is 812. The topological polar surface area (TPSA) is 67.4 Å². The first-order valence-corrected chi connectivity index (χ1v) is 7.11. The highest BCUT2D eigenvalue weighted by Gasteiger charge is 2.16. The molecule has 2 amide bonds. The molecule has 2 N–H and O–H groups in total. The van der Waals surface area contributed by atoms with Crippen molar-refractivity contribution >= 4 is 34.8 Å². The maximum atomic E-state index is 13.3. The van der Waals surface area contributed by atoms with Gasteiger partial charge in [0.25, 0.3) is 5.91 Å². The molecule has 0 atom stereocenters. The molecular formula is C16H13ClF2N2O3. The molecule has 2 aromatic carbocycles. The van der Waals surface area contributed by atoms with Crippen molar-refractivity contribution in [3.63, 3.8) is 0 Å². The van der Waals surface area contributed by atoms with E-state index in [9.17, 15) is 18.4 Å². The normalized spacial score (nSPS) is 10.2. The summed E-state index contributed by atoms with van der Waals surface area (Å²) in [6.07, 6.45) is 0. The van der Waals surface area contributed by atoms with Crippen molar-refractivity contribution in [2.45, 2.75) is 6.92 Å². The molecule has 0 aliphatic heterocycles. The standard InChI is InChI=1S/C16H13ClF2N2O3/c1-8(22)20-14-5-9(3-4-15(14)24-2)21-16(23)10-6-12(18)13(19)7-11(10)17/h3-7H,1-2H3,(H,20,22)(H,21,23). The second kappa shape index (κ2) is 7.27. The predicted octanol–water partition coefficient (Wildman–Crippen LogP) is 3.84. The van der Waals surface area contributed by atoms with Gasteiger partial charge in [-0.25, -0.2) is 8.78 Å². The molecule has 0 bridgehead atoms. The van der Waals surface area contributed by atoms with Crippen molar-refractivity contribution in [1.29, 1.82) is 0 Å². The first-order valence-electron chi connectivity index (χ1n) is 6.73. The summed E-state index contributed by atoms with van der Waals surface area (Å²) in [7, 11) is 1.43. The van der Waals surface area contributed by atoms with Crippen LogP contribution >= 0.6 is 11.6 Å². The molecule has 0 fully saturated rings. The Morgan fingerprint density at radius 3 is 2.38 bits per heavy atom. The summed E-state index contributed by atoms with van der Waals surface area (Å²) in [6.45, 7) is 1.33. The summed E-state index contributed by atoms with van der Waals surface area (Å²) < 4.78 is 31.4. The zero-order valence-corrected chi connectivity index (χ0v) is 13.5. The molecule has 0 saturated heterocycles. The summed E-state index contributed by atoms with van der Waals surface area (Å²) in [5.41, 5.74) is 0.442. The minimum atomic E-state index is -1.18. The van der Waals surface area contributed by atoms with Gasteiger partial charge in [0.2, 0.25) is 5.91 Å². The minimum Gasteiger partial charge on any atom is -0.495 e. The smallest absolute Gasteiger partial charge is 0.257 e. The maximum absolute atomic E-state index is 13.3. The lowest BCUT2D eigenvalue weighted by molar-refractivity contribution is -0.114. The molecule has 5 nitrogen and oxygen atoms in total. The van der Waals surface area contributed by atoms with Crippen LogP contribution in [-0.4, -0.2) is 18.9 Å². The van der Waals surface area contributed by atoms with Gasteiger partial charge in [-0.2, -0.15) is 0 Å². The second-order valence-electron chi connectivity index (χ2n) is 4.80. The van der Waals surface area contributed by atoms with E-state index in [1.54, 1.807) is 0 Å². The molecule has 0 saturated carbocycles. The molecule has 0 radical (unpaired) electrons. The van der Waals surface area contributed by atoms with Crippen molar-refractivity contribution in [2.24, 2.45) is 0 Å². The summed E-state index contributed by atoms with van der Waals surface area (Å²) in [5.74, 6) is -2.97. The van der Waals surface area contributed by atoms with Crippen LogP contribution in [0.3, 0.4) is 0 Å². The third-order valence-corrected chi connectivity index (χ3v) is 3.34. The number of carbonyl (C=O) groups excluding carboxylic acids is 2. The van der Waals surface area contributed by atoms with E-state index >= 15 is 0 Å². The fourth-order valence-electron chi connectivity index (χ4n) is 1.97. The van der Waals surface area contributed by atoms with Gasteiger partial charge in [-0.1, -0.05) is 11.6 Å². The molecule has 0 unspecified atom stereocenters. The average Bonchev–Trinajstić information content (AvgIpc) is 2.50. The highest BCUT2D eigenvalue weighted by molar-refractivity contribution is 6.34. The summed E-state index contributed by atoms with van der Waals surface area (Å²) >= 11 is 5.77. The van der Waals surface area contributed by atoms with Crippen molar-refractivity contribution in [1.82, 2.24) is 0 Å². The number of amides is 2. The second-order valence-corrected chi connectivity index (χ2v) is 5.20. The number of halogens is 3. The number of benzene rings is 2. The van der Waals surface area contributed by atoms with Gasteiger partial charge in [-0.05, 0) is 30.3 Å². The Hall–Kier alpha value is -2.67. The van der Waals surface area contributed by atoms with Gasteiger partial charge in [0, 0.05) is 12.6 Å². The van der Waals surface area contributed by atoms with Gasteiger partial charge in [0.15, 0.2) is 11.6 Å². The number of carbonyl (C=O) groups is 2. The van der Waals surface area contributed by atoms with Crippen molar-refractivity contribution in [3.8, 4) is 5.75 Å². The van der Waals surface area contributed by atoms with Crippen LogP contribution in [0.4, 0.5) is 20.2 Å². The Morgan fingerprint density at radius 2 is 1.75 bits per heavy atom. The van der Waals surface area contributed by atoms with E-state index in [2.05, 4.69) is 10.6 Å². The monoisotopic (exact) mass is 354 g/mol. The number of anilines is 2. The van der Waals surface area contributed by atoms with Gasteiger partial charge in [-0.3, -0.25) is 9.59 Å². The molecule has 2 aromatic rings. The number of nitrogens with one attached hydrogen (secondary N) is 2. The highest BCUT2D eigenvalue weighted by atomic mass is 35.5. The van der Waals surface area contributed by atoms with E-state index in [4.69, 9.17) is 16.3 Å². The molecule has 0 aromatic heterocycles. The lowest BCUT2D eigenvalue weighted by atomic mass is 10.2. The maximum Gasteiger partial charge on any atom is 0.257 e. The molecule has 8 heteroatoms. The largest absolute Gasteiger partial charge is 0.495 e. The average molecular weight is 355 g/mol. The quantitative estimate of drug-likeness (QED) is 0.820. The van der Waals surface area contributed by atoms with Gasteiger partial charge < -0.3 is 15.4 Å². The Morgan fingerprint density at radius 1 is 1.08 bits per heavy atom. The van der Waals surface area contributed by atoms with Crippen LogP contribution in [0.5, 0.6) is 5.75 Å². The van der Waals surface area contributed by atoms with E-state index in [0.717, 1.165) is 6.07 Å². The molecule has 0 spiro atoms. The highest BCUT2D eigenvalue weighted by Crippen LogP contribution is 2.28. The summed E-state index contributed by atoms with van der Waals surface area (Å²) in [6, 6.07) is 5.96. The Balaban J connectivity index is 2.29. The minimum absolute atomic E-state index is 0.215. The Labute approximate surface area is 141 Å². The van der Waals surface area contributed by atoms with Crippen LogP contribution in [0, 0.1) is 11.6 Å². The number of hydrogen-bond donors (Lipinski definition) is 2. The molecule has 24 heavy (non-hydrogen) atoms. The fraction of sp³-hybridized carbons (Fsp3) is 0.125. The van der Waals surface area contributed by atoms with E-state index in [-0.39, 0.29) is 16.5 Å². The molecule has 126 valence electrons. The molecule has 0 aliphatic rings. The van der Waals surface area contributed by atoms with Gasteiger partial charge >= 0.3 is 0 Å². The van der Waals surface area contributed by atoms with Crippen LogP contribution in [-0.2, 0) is 4.79 Å². The summed E-state index contributed by atoms with van der Waals surface area (Å²) in [4.78, 5) is 23.4. The van der Waals surface area contributed by atoms with Crippen LogP contribution in [0.1, 0.15) is 17.3 Å². The molecular weight excluding hydrogens is 342 g/mol. The van der Waals surface area contributed by atoms with Crippen LogP contribution in [0.15, 0.2) is 30.3 Å². The summed E-state index contributed by atoms with van der Waals surface area (Å²) in [5, 5.41) is 4.83. The van der Waals surface area contributed by atoms with Crippen molar-refractivity contribution in [2.75, 3.05) is 17.7 Å². The molecule has 2 rings (SSSR count). The molecule has 0 heterocycles. The third-order valence-electron chi connectivity index (χ3n) is 3.02. The third kappa shape index (κ3) is 3.99. The number of rotatable bonds is 4. The van der Waals surface area contributed by atoms with Crippen LogP contribution in [0.25, 0.3) is 0 Å².